The summed E-state index contributed by atoms with van der Waals surface area (Å²) in [5, 5.41) is 7.03. The van der Waals surface area contributed by atoms with Crippen molar-refractivity contribution in [3.63, 3.8) is 0 Å². The van der Waals surface area contributed by atoms with Gasteiger partial charge < -0.3 is 10.3 Å². The van der Waals surface area contributed by atoms with Crippen LogP contribution in [0.15, 0.2) is 40.2 Å². The lowest BCUT2D eigenvalue weighted by Gasteiger charge is -2.34. The zero-order chi connectivity index (χ0) is 15.0. The van der Waals surface area contributed by atoms with E-state index in [-0.39, 0.29) is 12.4 Å². The Hall–Kier alpha value is -1.76. The van der Waals surface area contributed by atoms with E-state index in [4.69, 9.17) is 10.3 Å². The Morgan fingerprint density at radius 3 is 2.65 bits per heavy atom. The first-order valence-corrected chi connectivity index (χ1v) is 8.23. The van der Waals surface area contributed by atoms with Crippen molar-refractivity contribution in [2.45, 2.75) is 31.2 Å². The van der Waals surface area contributed by atoms with Crippen molar-refractivity contribution in [1.29, 1.82) is 0 Å². The van der Waals surface area contributed by atoms with E-state index < -0.39 is 5.54 Å². The molecule has 0 unspecified atom stereocenters. The van der Waals surface area contributed by atoms with Gasteiger partial charge in [0.2, 0.25) is 0 Å². The van der Waals surface area contributed by atoms with Crippen LogP contribution in [-0.2, 0) is 12.0 Å². The smallest absolute Gasteiger partial charge is 0.277 e. The highest BCUT2D eigenvalue weighted by molar-refractivity contribution is 7.10. The first-order valence-electron chi connectivity index (χ1n) is 7.35. The molecule has 7 heteroatoms. The number of halogens is 1. The predicted octanol–water partition coefficient (Wildman–Crippen LogP) is 3.54. The number of benzene rings is 1. The molecule has 1 aliphatic rings. The standard InChI is InChI=1S/C16H16N4OS.ClH/c17-16(7-4-8-16)15-19-14(21-20-15)12-10-22-13(18-12)9-11-5-2-1-3-6-11;/h1-3,5-6,10H,4,7-9,17H2;1H. The number of thiazole rings is 1. The maximum atomic E-state index is 6.22. The van der Waals surface area contributed by atoms with Gasteiger partial charge in [0.25, 0.3) is 5.89 Å². The highest BCUT2D eigenvalue weighted by atomic mass is 35.5. The molecule has 1 aromatic carbocycles. The summed E-state index contributed by atoms with van der Waals surface area (Å²) in [6.45, 7) is 0. The van der Waals surface area contributed by atoms with Crippen molar-refractivity contribution >= 4 is 23.7 Å². The van der Waals surface area contributed by atoms with Crippen molar-refractivity contribution < 1.29 is 4.52 Å². The minimum absolute atomic E-state index is 0. The first kappa shape index (κ1) is 16.1. The van der Waals surface area contributed by atoms with Crippen LogP contribution in [0.3, 0.4) is 0 Å². The van der Waals surface area contributed by atoms with Gasteiger partial charge in [-0.25, -0.2) is 4.98 Å². The predicted molar refractivity (Wildman–Crippen MR) is 91.6 cm³/mol. The van der Waals surface area contributed by atoms with Gasteiger partial charge >= 0.3 is 0 Å². The Kier molecular flexibility index (Phi) is 4.48. The highest BCUT2D eigenvalue weighted by Crippen LogP contribution is 2.37. The Morgan fingerprint density at radius 2 is 1.96 bits per heavy atom. The first-order chi connectivity index (χ1) is 10.7. The second-order valence-electron chi connectivity index (χ2n) is 5.72. The molecule has 2 heterocycles. The Labute approximate surface area is 144 Å². The second kappa shape index (κ2) is 6.39. The van der Waals surface area contributed by atoms with Gasteiger partial charge in [-0.3, -0.25) is 0 Å². The fourth-order valence-corrected chi connectivity index (χ4v) is 3.37. The molecule has 0 amide bonds. The van der Waals surface area contributed by atoms with Crippen LogP contribution < -0.4 is 5.73 Å². The molecule has 0 aliphatic heterocycles. The van der Waals surface area contributed by atoms with Gasteiger partial charge in [-0.1, -0.05) is 35.5 Å². The van der Waals surface area contributed by atoms with Crippen LogP contribution in [0.2, 0.25) is 0 Å². The molecule has 120 valence electrons. The molecule has 0 spiro atoms. The summed E-state index contributed by atoms with van der Waals surface area (Å²) in [5.74, 6) is 1.06. The molecule has 1 saturated carbocycles. The summed E-state index contributed by atoms with van der Waals surface area (Å²) < 4.78 is 5.34. The minimum atomic E-state index is -0.398. The van der Waals surface area contributed by atoms with E-state index in [1.807, 2.05) is 23.6 Å². The van der Waals surface area contributed by atoms with Gasteiger partial charge in [-0.15, -0.1) is 23.7 Å². The zero-order valence-corrected chi connectivity index (χ0v) is 14.1. The fourth-order valence-electron chi connectivity index (χ4n) is 2.57. The Morgan fingerprint density at radius 1 is 1.17 bits per heavy atom. The summed E-state index contributed by atoms with van der Waals surface area (Å²) >= 11 is 1.61. The number of hydrogen-bond acceptors (Lipinski definition) is 6. The van der Waals surface area contributed by atoms with E-state index in [0.29, 0.717) is 11.7 Å². The van der Waals surface area contributed by atoms with E-state index in [0.717, 1.165) is 36.4 Å². The number of aromatic nitrogens is 3. The van der Waals surface area contributed by atoms with Gasteiger partial charge in [0, 0.05) is 11.8 Å². The van der Waals surface area contributed by atoms with Gasteiger partial charge in [0.05, 0.1) is 10.5 Å². The van der Waals surface area contributed by atoms with Gasteiger partial charge in [0.15, 0.2) is 5.82 Å². The van der Waals surface area contributed by atoms with E-state index in [2.05, 4.69) is 27.3 Å². The number of nitrogens with two attached hydrogens (primary N) is 1. The lowest BCUT2D eigenvalue weighted by Crippen LogP contribution is -2.44. The van der Waals surface area contributed by atoms with Crippen molar-refractivity contribution in [3.05, 3.63) is 52.1 Å². The van der Waals surface area contributed by atoms with E-state index in [1.165, 1.54) is 5.56 Å². The highest BCUT2D eigenvalue weighted by Gasteiger charge is 2.39. The van der Waals surface area contributed by atoms with Gasteiger partial charge in [-0.05, 0) is 24.8 Å². The second-order valence-corrected chi connectivity index (χ2v) is 6.66. The molecular weight excluding hydrogens is 332 g/mol. The van der Waals surface area contributed by atoms with Crippen molar-refractivity contribution in [1.82, 2.24) is 15.1 Å². The molecule has 1 fully saturated rings. The molecule has 23 heavy (non-hydrogen) atoms. The van der Waals surface area contributed by atoms with Crippen LogP contribution in [0.1, 0.15) is 35.7 Å². The summed E-state index contributed by atoms with van der Waals surface area (Å²) in [6.07, 6.45) is 3.77. The van der Waals surface area contributed by atoms with Crippen LogP contribution in [0.25, 0.3) is 11.6 Å². The molecule has 2 aromatic heterocycles. The van der Waals surface area contributed by atoms with Gasteiger partial charge in [0.1, 0.15) is 5.69 Å². The van der Waals surface area contributed by atoms with Crippen LogP contribution in [-0.4, -0.2) is 15.1 Å². The van der Waals surface area contributed by atoms with Gasteiger partial charge in [-0.2, -0.15) is 4.98 Å². The normalized spacial score (nSPS) is 15.7. The van der Waals surface area contributed by atoms with Crippen LogP contribution in [0.4, 0.5) is 0 Å². The van der Waals surface area contributed by atoms with E-state index in [9.17, 15) is 0 Å². The molecule has 5 nitrogen and oxygen atoms in total. The maximum Gasteiger partial charge on any atom is 0.277 e. The third-order valence-corrected chi connectivity index (χ3v) is 4.93. The molecular formula is C16H17ClN4OS. The Balaban J connectivity index is 0.00000156. The number of hydrogen-bond donors (Lipinski definition) is 1. The molecule has 4 rings (SSSR count). The third kappa shape index (κ3) is 3.15. The summed E-state index contributed by atoms with van der Waals surface area (Å²) in [6, 6.07) is 10.3. The monoisotopic (exact) mass is 348 g/mol. The molecule has 0 atom stereocenters. The maximum absolute atomic E-state index is 6.22. The van der Waals surface area contributed by atoms with Crippen LogP contribution in [0, 0.1) is 0 Å². The largest absolute Gasteiger partial charge is 0.332 e. The molecule has 3 aromatic rings. The minimum Gasteiger partial charge on any atom is -0.332 e. The molecule has 0 bridgehead atoms. The third-order valence-electron chi connectivity index (χ3n) is 4.09. The molecule has 1 aliphatic carbocycles. The molecule has 2 N–H and O–H groups in total. The average Bonchev–Trinajstić information content (AvgIpc) is 3.15. The summed E-state index contributed by atoms with van der Waals surface area (Å²) in [5.41, 5.74) is 7.80. The fraction of sp³-hybridized carbons (Fsp3) is 0.312. The summed E-state index contributed by atoms with van der Waals surface area (Å²) in [7, 11) is 0. The van der Waals surface area contributed by atoms with E-state index in [1.54, 1.807) is 11.3 Å². The number of rotatable bonds is 4. The van der Waals surface area contributed by atoms with Crippen molar-refractivity contribution in [2.24, 2.45) is 5.73 Å². The van der Waals surface area contributed by atoms with Crippen LogP contribution >= 0.6 is 23.7 Å². The average molecular weight is 349 g/mol. The van der Waals surface area contributed by atoms with E-state index >= 15 is 0 Å². The van der Waals surface area contributed by atoms with Crippen LogP contribution in [0.5, 0.6) is 0 Å². The lowest BCUT2D eigenvalue weighted by molar-refractivity contribution is 0.229. The SMILES string of the molecule is Cl.NC1(c2noc(-c3csc(Cc4ccccc4)n3)n2)CCC1. The lowest BCUT2D eigenvalue weighted by atomic mass is 9.77. The number of nitrogens with zero attached hydrogens (tertiary/aromatic N) is 3. The molecule has 0 radical (unpaired) electrons. The zero-order valence-electron chi connectivity index (χ0n) is 12.4. The summed E-state index contributed by atoms with van der Waals surface area (Å²) in [4.78, 5) is 9.03. The topological polar surface area (TPSA) is 77.8 Å². The molecule has 0 saturated heterocycles. The quantitative estimate of drug-likeness (QED) is 0.780. The Bertz CT molecular complexity index is 782. The van der Waals surface area contributed by atoms with Crippen molar-refractivity contribution in [2.75, 3.05) is 0 Å². The van der Waals surface area contributed by atoms with Crippen molar-refractivity contribution in [3.8, 4) is 11.6 Å².